The van der Waals surface area contributed by atoms with E-state index in [1.165, 1.54) is 7.11 Å². The van der Waals surface area contributed by atoms with Gasteiger partial charge in [-0.2, -0.15) is 0 Å². The van der Waals surface area contributed by atoms with Gasteiger partial charge in [0.15, 0.2) is 0 Å². The van der Waals surface area contributed by atoms with Crippen LogP contribution in [-0.4, -0.2) is 45.3 Å². The van der Waals surface area contributed by atoms with Gasteiger partial charge in [0.2, 0.25) is 5.91 Å². The fourth-order valence-corrected chi connectivity index (χ4v) is 0.941. The molecule has 0 heterocycles. The minimum absolute atomic E-state index is 0.146. The Labute approximate surface area is 89.1 Å². The van der Waals surface area contributed by atoms with Crippen LogP contribution >= 0.6 is 0 Å². The Morgan fingerprint density at radius 3 is 2.60 bits per heavy atom. The van der Waals surface area contributed by atoms with Crippen LogP contribution in [0.4, 0.5) is 0 Å². The van der Waals surface area contributed by atoms with E-state index in [1.54, 1.807) is 7.11 Å². The highest BCUT2D eigenvalue weighted by Crippen LogP contribution is 1.94. The van der Waals surface area contributed by atoms with Crippen molar-refractivity contribution in [2.45, 2.75) is 18.9 Å². The van der Waals surface area contributed by atoms with Crippen molar-refractivity contribution in [3.63, 3.8) is 0 Å². The van der Waals surface area contributed by atoms with Gasteiger partial charge in [-0.3, -0.25) is 9.59 Å². The van der Waals surface area contributed by atoms with Crippen molar-refractivity contribution in [3.8, 4) is 0 Å². The highest BCUT2D eigenvalue weighted by atomic mass is 16.5. The van der Waals surface area contributed by atoms with Gasteiger partial charge in [-0.1, -0.05) is 0 Å². The number of hydrogen-bond acceptors (Lipinski definition) is 5. The van der Waals surface area contributed by atoms with Crippen LogP contribution in [0, 0.1) is 0 Å². The van der Waals surface area contributed by atoms with Gasteiger partial charge in [0.1, 0.15) is 6.54 Å². The predicted molar refractivity (Wildman–Crippen MR) is 54.1 cm³/mol. The average molecular weight is 218 g/mol. The van der Waals surface area contributed by atoms with Crippen LogP contribution in [-0.2, 0) is 19.1 Å². The average Bonchev–Trinajstić information content (AvgIpc) is 2.25. The number of carbonyl (C=O) groups excluding carboxylic acids is 2. The molecule has 6 heteroatoms. The molecule has 0 aliphatic carbocycles. The maximum Gasteiger partial charge on any atom is 0.325 e. The van der Waals surface area contributed by atoms with Gasteiger partial charge in [0, 0.05) is 13.7 Å². The van der Waals surface area contributed by atoms with Crippen molar-refractivity contribution in [3.05, 3.63) is 0 Å². The van der Waals surface area contributed by atoms with Crippen LogP contribution in [0.5, 0.6) is 0 Å². The first-order chi connectivity index (χ1) is 7.11. The summed E-state index contributed by atoms with van der Waals surface area (Å²) >= 11 is 0. The Kier molecular flexibility index (Phi) is 7.57. The number of ether oxygens (including phenoxy) is 2. The van der Waals surface area contributed by atoms with Crippen LogP contribution in [0.15, 0.2) is 0 Å². The van der Waals surface area contributed by atoms with Gasteiger partial charge in [-0.15, -0.1) is 0 Å². The number of esters is 1. The van der Waals surface area contributed by atoms with Gasteiger partial charge in [-0.25, -0.2) is 0 Å². The predicted octanol–water partition coefficient (Wildman–Crippen LogP) is -0.970. The van der Waals surface area contributed by atoms with Crippen LogP contribution in [0.1, 0.15) is 12.8 Å². The second kappa shape index (κ2) is 8.19. The molecule has 1 amide bonds. The lowest BCUT2D eigenvalue weighted by molar-refractivity contribution is -0.141. The Hall–Kier alpha value is -1.14. The molecule has 1 unspecified atom stereocenters. The number of amides is 1. The number of hydrogen-bond donors (Lipinski definition) is 2. The molecule has 0 aromatic carbocycles. The van der Waals surface area contributed by atoms with Crippen molar-refractivity contribution in [1.82, 2.24) is 5.32 Å². The minimum atomic E-state index is -0.607. The summed E-state index contributed by atoms with van der Waals surface area (Å²) in [5, 5.41) is 2.38. The smallest absolute Gasteiger partial charge is 0.325 e. The van der Waals surface area contributed by atoms with Gasteiger partial charge >= 0.3 is 5.97 Å². The van der Waals surface area contributed by atoms with Crippen LogP contribution in [0.25, 0.3) is 0 Å². The number of nitrogens with two attached hydrogens (primary N) is 1. The molecule has 0 aromatic heterocycles. The molecule has 0 radical (unpaired) electrons. The van der Waals surface area contributed by atoms with Crippen molar-refractivity contribution < 1.29 is 19.1 Å². The highest BCUT2D eigenvalue weighted by Gasteiger charge is 2.13. The van der Waals surface area contributed by atoms with Crippen LogP contribution in [0.2, 0.25) is 0 Å². The Morgan fingerprint density at radius 1 is 1.40 bits per heavy atom. The third-order valence-corrected chi connectivity index (χ3v) is 1.83. The SMILES string of the molecule is COCCCC(N)C(=O)NCC(=O)OC. The number of methoxy groups -OCH3 is 2. The summed E-state index contributed by atoms with van der Waals surface area (Å²) in [7, 11) is 2.84. The van der Waals surface area contributed by atoms with Crippen LogP contribution < -0.4 is 11.1 Å². The lowest BCUT2D eigenvalue weighted by Crippen LogP contribution is -2.42. The number of carbonyl (C=O) groups is 2. The molecule has 3 N–H and O–H groups in total. The molecule has 0 aromatic rings. The molecule has 1 atom stereocenters. The van der Waals surface area contributed by atoms with Gasteiger partial charge < -0.3 is 20.5 Å². The van der Waals surface area contributed by atoms with E-state index in [4.69, 9.17) is 10.5 Å². The van der Waals surface area contributed by atoms with E-state index in [9.17, 15) is 9.59 Å². The van der Waals surface area contributed by atoms with E-state index < -0.39 is 12.0 Å². The summed E-state index contributed by atoms with van der Waals surface area (Å²) in [4.78, 5) is 22.0. The second-order valence-corrected chi connectivity index (χ2v) is 3.04. The zero-order valence-electron chi connectivity index (χ0n) is 9.12. The molecular weight excluding hydrogens is 200 g/mol. The van der Waals surface area contributed by atoms with Gasteiger partial charge in [0.25, 0.3) is 0 Å². The molecule has 6 nitrogen and oxygen atoms in total. The Morgan fingerprint density at radius 2 is 2.07 bits per heavy atom. The molecule has 0 aliphatic heterocycles. The molecule has 0 aliphatic rings. The number of nitrogens with one attached hydrogen (secondary N) is 1. The molecule has 0 saturated carbocycles. The van der Waals surface area contributed by atoms with Crippen molar-refractivity contribution in [1.29, 1.82) is 0 Å². The van der Waals surface area contributed by atoms with E-state index in [-0.39, 0.29) is 12.5 Å². The van der Waals surface area contributed by atoms with Gasteiger partial charge in [0.05, 0.1) is 13.2 Å². The fourth-order valence-electron chi connectivity index (χ4n) is 0.941. The molecule has 0 spiro atoms. The van der Waals surface area contributed by atoms with E-state index in [0.717, 1.165) is 0 Å². The van der Waals surface area contributed by atoms with Gasteiger partial charge in [-0.05, 0) is 12.8 Å². The lowest BCUT2D eigenvalue weighted by atomic mass is 10.1. The molecule has 0 rings (SSSR count). The van der Waals surface area contributed by atoms with E-state index >= 15 is 0 Å². The van der Waals surface area contributed by atoms with E-state index in [0.29, 0.717) is 19.4 Å². The summed E-state index contributed by atoms with van der Waals surface area (Å²) in [6.07, 6.45) is 1.24. The van der Waals surface area contributed by atoms with Crippen molar-refractivity contribution in [2.24, 2.45) is 5.73 Å². The highest BCUT2D eigenvalue weighted by molar-refractivity contribution is 5.85. The molecule has 0 saturated heterocycles. The zero-order chi connectivity index (χ0) is 11.7. The molecule has 0 bridgehead atoms. The second-order valence-electron chi connectivity index (χ2n) is 3.04. The van der Waals surface area contributed by atoms with E-state index in [1.807, 2.05) is 0 Å². The summed E-state index contributed by atoms with van der Waals surface area (Å²) in [6.45, 7) is 0.422. The maximum atomic E-state index is 11.3. The lowest BCUT2D eigenvalue weighted by Gasteiger charge is -2.10. The van der Waals surface area contributed by atoms with Crippen LogP contribution in [0.3, 0.4) is 0 Å². The van der Waals surface area contributed by atoms with Crippen molar-refractivity contribution >= 4 is 11.9 Å². The summed E-state index contributed by atoms with van der Waals surface area (Å²) in [5.41, 5.74) is 5.57. The minimum Gasteiger partial charge on any atom is -0.468 e. The standard InChI is InChI=1S/C9H18N2O4/c1-14-5-3-4-7(10)9(13)11-6-8(12)15-2/h7H,3-6,10H2,1-2H3,(H,11,13). The first-order valence-corrected chi connectivity index (χ1v) is 4.70. The fraction of sp³-hybridized carbons (Fsp3) is 0.778. The molecular formula is C9H18N2O4. The topological polar surface area (TPSA) is 90.6 Å². The Balaban J connectivity index is 3.64. The number of rotatable bonds is 7. The monoisotopic (exact) mass is 218 g/mol. The third-order valence-electron chi connectivity index (χ3n) is 1.83. The largest absolute Gasteiger partial charge is 0.468 e. The van der Waals surface area contributed by atoms with Crippen molar-refractivity contribution in [2.75, 3.05) is 27.4 Å². The Bertz CT molecular complexity index is 208. The first-order valence-electron chi connectivity index (χ1n) is 4.70. The molecule has 88 valence electrons. The maximum absolute atomic E-state index is 11.3. The first kappa shape index (κ1) is 13.9. The molecule has 0 fully saturated rings. The molecule has 15 heavy (non-hydrogen) atoms. The zero-order valence-corrected chi connectivity index (χ0v) is 9.12. The summed E-state index contributed by atoms with van der Waals surface area (Å²) in [5.74, 6) is -0.844. The third kappa shape index (κ3) is 6.87. The summed E-state index contributed by atoms with van der Waals surface area (Å²) < 4.78 is 9.19. The normalized spacial score (nSPS) is 11.9. The summed E-state index contributed by atoms with van der Waals surface area (Å²) in [6, 6.07) is -0.607. The quantitative estimate of drug-likeness (QED) is 0.424. The van der Waals surface area contributed by atoms with E-state index in [2.05, 4.69) is 10.1 Å².